The van der Waals surface area contributed by atoms with E-state index in [1.165, 1.54) is 66.8 Å². The number of hydrogen-bond donors (Lipinski definition) is 0. The van der Waals surface area contributed by atoms with Crippen molar-refractivity contribution in [3.63, 3.8) is 0 Å². The summed E-state index contributed by atoms with van der Waals surface area (Å²) < 4.78 is 0. The van der Waals surface area contributed by atoms with E-state index in [-0.39, 0.29) is 10.8 Å². The lowest BCUT2D eigenvalue weighted by atomic mass is 9.79. The molecule has 0 fully saturated rings. The smallest absolute Gasteiger partial charge is 0.0708 e. The Morgan fingerprint density at radius 3 is 1.15 bits per heavy atom. The van der Waals surface area contributed by atoms with Gasteiger partial charge in [-0.2, -0.15) is 0 Å². The molecule has 0 atom stereocenters. The minimum atomic E-state index is -0.138. The third-order valence-corrected chi connectivity index (χ3v) is 10.8. The summed E-state index contributed by atoms with van der Waals surface area (Å²) in [6.45, 7) is 9.49. The molecule has 0 saturated carbocycles. The summed E-state index contributed by atoms with van der Waals surface area (Å²) >= 11 is 0. The van der Waals surface area contributed by atoms with Crippen LogP contribution in [0.3, 0.4) is 0 Å². The van der Waals surface area contributed by atoms with Gasteiger partial charge in [0.2, 0.25) is 0 Å². The van der Waals surface area contributed by atoms with Gasteiger partial charge in [0.25, 0.3) is 0 Å². The Balaban J connectivity index is 1.10. The van der Waals surface area contributed by atoms with Gasteiger partial charge >= 0.3 is 0 Å². The Morgan fingerprint density at radius 1 is 0.333 bits per heavy atom. The van der Waals surface area contributed by atoms with Crippen molar-refractivity contribution in [2.45, 2.75) is 38.5 Å². The second-order valence-corrected chi connectivity index (χ2v) is 14.3. The van der Waals surface area contributed by atoms with E-state index in [0.717, 1.165) is 22.5 Å². The van der Waals surface area contributed by atoms with E-state index in [4.69, 9.17) is 9.97 Å². The molecule has 2 nitrogen and oxygen atoms in total. The standard InChI is InChI=1S/C46H36N2/c1-45(2)39-23-33(43-25-31(19-21-47-43)29-11-7-5-8-12-29)15-17-35(39)37-28-42-38(27-41(37)45)36-18-16-34(24-40(36)46(42,3)4)44-26-32(20-22-48-44)30-13-9-6-10-14-30/h5-28H,1-4H3. The van der Waals surface area contributed by atoms with Crippen LogP contribution in [0.1, 0.15) is 49.9 Å². The van der Waals surface area contributed by atoms with Gasteiger partial charge in [0.15, 0.2) is 0 Å². The number of nitrogens with zero attached hydrogens (tertiary/aromatic N) is 2. The number of benzene rings is 5. The lowest BCUT2D eigenvalue weighted by Gasteiger charge is -2.24. The van der Waals surface area contributed by atoms with E-state index in [1.54, 1.807) is 0 Å². The zero-order chi connectivity index (χ0) is 32.6. The highest BCUT2D eigenvalue weighted by Crippen LogP contribution is 2.56. The van der Waals surface area contributed by atoms with Crippen LogP contribution in [-0.4, -0.2) is 9.97 Å². The monoisotopic (exact) mass is 616 g/mol. The molecule has 2 heteroatoms. The van der Waals surface area contributed by atoms with Crippen LogP contribution in [0, 0.1) is 0 Å². The maximum absolute atomic E-state index is 4.80. The van der Waals surface area contributed by atoms with Crippen molar-refractivity contribution in [1.82, 2.24) is 9.97 Å². The first-order chi connectivity index (χ1) is 23.3. The maximum atomic E-state index is 4.80. The normalized spacial score (nSPS) is 14.6. The Hall–Kier alpha value is -5.60. The molecular weight excluding hydrogens is 581 g/mol. The second kappa shape index (κ2) is 10.5. The number of hydrogen-bond acceptors (Lipinski definition) is 2. The fourth-order valence-electron chi connectivity index (χ4n) is 8.08. The Labute approximate surface area is 282 Å². The molecule has 0 saturated heterocycles. The summed E-state index contributed by atoms with van der Waals surface area (Å²) in [6.07, 6.45) is 3.85. The van der Waals surface area contributed by atoms with Crippen LogP contribution >= 0.6 is 0 Å². The molecule has 230 valence electrons. The molecule has 48 heavy (non-hydrogen) atoms. The highest BCUT2D eigenvalue weighted by Gasteiger charge is 2.42. The van der Waals surface area contributed by atoms with E-state index in [9.17, 15) is 0 Å². The SMILES string of the molecule is CC1(C)c2cc(-c3cc(-c4ccccc4)ccn3)ccc2-c2cc3c(cc21)-c1ccc(-c2cc(-c4ccccc4)ccn2)cc1C3(C)C. The molecule has 0 N–H and O–H groups in total. The molecule has 7 aromatic rings. The largest absolute Gasteiger partial charge is 0.256 e. The molecule has 2 aromatic heterocycles. The van der Waals surface area contributed by atoms with Gasteiger partial charge in [-0.05, 0) is 115 Å². The molecule has 0 radical (unpaired) electrons. The maximum Gasteiger partial charge on any atom is 0.0708 e. The molecule has 2 aliphatic rings. The van der Waals surface area contributed by atoms with Crippen molar-refractivity contribution in [2.24, 2.45) is 0 Å². The molecule has 5 aromatic carbocycles. The highest BCUT2D eigenvalue weighted by atomic mass is 14.7. The van der Waals surface area contributed by atoms with Crippen LogP contribution in [0.15, 0.2) is 146 Å². The van der Waals surface area contributed by atoms with Crippen molar-refractivity contribution in [1.29, 1.82) is 0 Å². The average Bonchev–Trinajstić information content (AvgIpc) is 3.50. The van der Waals surface area contributed by atoms with Gasteiger partial charge in [0.05, 0.1) is 11.4 Å². The predicted octanol–water partition coefficient (Wildman–Crippen LogP) is 11.8. The Kier molecular flexibility index (Phi) is 6.23. The molecule has 0 unspecified atom stereocenters. The van der Waals surface area contributed by atoms with Crippen LogP contribution in [-0.2, 0) is 10.8 Å². The van der Waals surface area contributed by atoms with E-state index in [2.05, 4.69) is 161 Å². The fourth-order valence-corrected chi connectivity index (χ4v) is 8.08. The van der Waals surface area contributed by atoms with Gasteiger partial charge < -0.3 is 0 Å². The van der Waals surface area contributed by atoms with Crippen LogP contribution in [0.5, 0.6) is 0 Å². The third kappa shape index (κ3) is 4.33. The fraction of sp³-hybridized carbons (Fsp3) is 0.130. The lowest BCUT2D eigenvalue weighted by molar-refractivity contribution is 0.652. The van der Waals surface area contributed by atoms with E-state index in [1.807, 2.05) is 12.4 Å². The van der Waals surface area contributed by atoms with Gasteiger partial charge in [-0.25, -0.2) is 0 Å². The topological polar surface area (TPSA) is 25.8 Å². The highest BCUT2D eigenvalue weighted by molar-refractivity contribution is 5.91. The zero-order valence-corrected chi connectivity index (χ0v) is 27.8. The molecule has 0 bridgehead atoms. The summed E-state index contributed by atoms with van der Waals surface area (Å²) in [6, 6.07) is 48.5. The average molecular weight is 617 g/mol. The summed E-state index contributed by atoms with van der Waals surface area (Å²) in [7, 11) is 0. The summed E-state index contributed by atoms with van der Waals surface area (Å²) in [5, 5.41) is 0. The zero-order valence-electron chi connectivity index (χ0n) is 27.8. The molecule has 9 rings (SSSR count). The van der Waals surface area contributed by atoms with Crippen molar-refractivity contribution >= 4 is 0 Å². The van der Waals surface area contributed by atoms with Crippen LogP contribution in [0.25, 0.3) is 67.0 Å². The van der Waals surface area contributed by atoms with Crippen molar-refractivity contribution < 1.29 is 0 Å². The predicted molar refractivity (Wildman–Crippen MR) is 199 cm³/mol. The molecule has 2 heterocycles. The van der Waals surface area contributed by atoms with Gasteiger partial charge in [-0.15, -0.1) is 0 Å². The quantitative estimate of drug-likeness (QED) is 0.197. The third-order valence-electron chi connectivity index (χ3n) is 10.8. The molecule has 0 amide bonds. The molecule has 0 spiro atoms. The second-order valence-electron chi connectivity index (χ2n) is 14.3. The molecule has 2 aliphatic carbocycles. The number of aromatic nitrogens is 2. The minimum absolute atomic E-state index is 0.138. The first-order valence-corrected chi connectivity index (χ1v) is 16.8. The summed E-state index contributed by atoms with van der Waals surface area (Å²) in [4.78, 5) is 9.59. The number of pyridine rings is 2. The van der Waals surface area contributed by atoms with Gasteiger partial charge in [-0.3, -0.25) is 9.97 Å². The summed E-state index contributed by atoms with van der Waals surface area (Å²) in [5.41, 5.74) is 19.7. The van der Waals surface area contributed by atoms with E-state index < -0.39 is 0 Å². The first-order valence-electron chi connectivity index (χ1n) is 16.8. The van der Waals surface area contributed by atoms with Gasteiger partial charge in [0.1, 0.15) is 0 Å². The molecular formula is C46H36N2. The van der Waals surface area contributed by atoms with Crippen LogP contribution < -0.4 is 0 Å². The van der Waals surface area contributed by atoms with Gasteiger partial charge in [0, 0.05) is 34.4 Å². The number of rotatable bonds is 4. The van der Waals surface area contributed by atoms with Crippen molar-refractivity contribution in [3.05, 3.63) is 168 Å². The van der Waals surface area contributed by atoms with E-state index in [0.29, 0.717) is 0 Å². The van der Waals surface area contributed by atoms with Gasteiger partial charge in [-0.1, -0.05) is 113 Å². The first kappa shape index (κ1) is 28.6. The van der Waals surface area contributed by atoms with Crippen molar-refractivity contribution in [3.8, 4) is 67.0 Å². The van der Waals surface area contributed by atoms with Crippen LogP contribution in [0.2, 0.25) is 0 Å². The van der Waals surface area contributed by atoms with E-state index >= 15 is 0 Å². The Morgan fingerprint density at radius 2 is 0.729 bits per heavy atom. The Bertz CT molecular complexity index is 2210. The lowest BCUT2D eigenvalue weighted by Crippen LogP contribution is -2.17. The molecule has 0 aliphatic heterocycles. The summed E-state index contributed by atoms with van der Waals surface area (Å²) in [5.74, 6) is 0. The van der Waals surface area contributed by atoms with Crippen molar-refractivity contribution in [2.75, 3.05) is 0 Å². The number of fused-ring (bicyclic) bond motifs is 6. The van der Waals surface area contributed by atoms with Crippen LogP contribution in [0.4, 0.5) is 0 Å². The minimum Gasteiger partial charge on any atom is -0.256 e.